The second-order valence-electron chi connectivity index (χ2n) is 5.88. The van der Waals surface area contributed by atoms with Gasteiger partial charge in [-0.1, -0.05) is 6.07 Å². The molecule has 0 saturated heterocycles. The number of esters is 1. The average Bonchev–Trinajstić information content (AvgIpc) is 2.73. The molecule has 150 valence electrons. The van der Waals surface area contributed by atoms with E-state index in [1.165, 1.54) is 14.2 Å². The molecule has 1 N–H and O–H groups in total. The summed E-state index contributed by atoms with van der Waals surface area (Å²) in [4.78, 5) is 26.7. The summed E-state index contributed by atoms with van der Waals surface area (Å²) in [5.41, 5.74) is 1.85. The summed E-state index contributed by atoms with van der Waals surface area (Å²) in [6, 6.07) is 12.5. The molecule has 0 aromatic heterocycles. The minimum Gasteiger partial charge on any atom is -0.496 e. The number of anilines is 2. The van der Waals surface area contributed by atoms with Gasteiger partial charge >= 0.3 is 5.97 Å². The van der Waals surface area contributed by atoms with E-state index in [4.69, 9.17) is 14.2 Å². The number of nitrogens with zero attached hydrogens (tertiary/aromatic N) is 1. The average molecular weight is 386 g/mol. The lowest BCUT2D eigenvalue weighted by atomic mass is 10.2. The third-order valence-electron chi connectivity index (χ3n) is 4.25. The van der Waals surface area contributed by atoms with Crippen molar-refractivity contribution in [1.82, 2.24) is 0 Å². The highest BCUT2D eigenvalue weighted by Crippen LogP contribution is 2.28. The Bertz CT molecular complexity index is 779. The summed E-state index contributed by atoms with van der Waals surface area (Å²) >= 11 is 0. The van der Waals surface area contributed by atoms with Crippen LogP contribution in [0.1, 0.15) is 24.2 Å². The zero-order chi connectivity index (χ0) is 20.5. The van der Waals surface area contributed by atoms with Crippen molar-refractivity contribution in [3.8, 4) is 11.5 Å². The Kier molecular flexibility index (Phi) is 7.68. The van der Waals surface area contributed by atoms with Crippen LogP contribution in [0.5, 0.6) is 11.5 Å². The number of nitrogens with one attached hydrogen (secondary N) is 1. The van der Waals surface area contributed by atoms with Crippen LogP contribution in [0.15, 0.2) is 42.5 Å². The molecule has 1 amide bonds. The van der Waals surface area contributed by atoms with Gasteiger partial charge < -0.3 is 24.4 Å². The molecule has 0 aliphatic heterocycles. The summed E-state index contributed by atoms with van der Waals surface area (Å²) in [5.74, 6) is -0.493. The summed E-state index contributed by atoms with van der Waals surface area (Å²) in [6.45, 7) is 5.57. The van der Waals surface area contributed by atoms with Gasteiger partial charge in [0.2, 0.25) is 0 Å². The molecule has 2 aromatic rings. The van der Waals surface area contributed by atoms with E-state index in [2.05, 4.69) is 24.1 Å². The summed E-state index contributed by atoms with van der Waals surface area (Å²) in [6.07, 6.45) is 0. The van der Waals surface area contributed by atoms with E-state index < -0.39 is 18.5 Å². The zero-order valence-corrected chi connectivity index (χ0v) is 16.7. The number of benzene rings is 2. The molecule has 7 heteroatoms. The highest BCUT2D eigenvalue weighted by Gasteiger charge is 2.20. The fourth-order valence-electron chi connectivity index (χ4n) is 2.80. The van der Waals surface area contributed by atoms with Gasteiger partial charge in [-0.2, -0.15) is 0 Å². The van der Waals surface area contributed by atoms with Crippen molar-refractivity contribution < 1.29 is 23.8 Å². The number of hydrogen-bond donors (Lipinski definition) is 1. The normalized spacial score (nSPS) is 10.1. The lowest BCUT2D eigenvalue weighted by Crippen LogP contribution is -2.22. The second kappa shape index (κ2) is 10.2. The molecule has 2 rings (SSSR count). The van der Waals surface area contributed by atoms with Crippen molar-refractivity contribution in [3.05, 3.63) is 48.0 Å². The van der Waals surface area contributed by atoms with Gasteiger partial charge in [-0.15, -0.1) is 0 Å². The van der Waals surface area contributed by atoms with Crippen LogP contribution in [-0.4, -0.2) is 45.8 Å². The van der Waals surface area contributed by atoms with Gasteiger partial charge in [0.05, 0.1) is 14.2 Å². The number of carbonyl (C=O) groups excluding carboxylic acids is 2. The first-order chi connectivity index (χ1) is 13.5. The third-order valence-corrected chi connectivity index (χ3v) is 4.25. The van der Waals surface area contributed by atoms with E-state index in [0.717, 1.165) is 18.8 Å². The first-order valence-corrected chi connectivity index (χ1v) is 9.07. The van der Waals surface area contributed by atoms with E-state index >= 15 is 0 Å². The van der Waals surface area contributed by atoms with Gasteiger partial charge in [-0.05, 0) is 50.2 Å². The van der Waals surface area contributed by atoms with Gasteiger partial charge in [0.15, 0.2) is 6.61 Å². The summed E-state index contributed by atoms with van der Waals surface area (Å²) in [5, 5.41) is 2.71. The van der Waals surface area contributed by atoms with Crippen LogP contribution in [0.25, 0.3) is 0 Å². The lowest BCUT2D eigenvalue weighted by Gasteiger charge is -2.21. The number of carbonyl (C=O) groups is 2. The molecular formula is C21H26N2O5. The van der Waals surface area contributed by atoms with Gasteiger partial charge in [-0.3, -0.25) is 4.79 Å². The number of amides is 1. The molecule has 28 heavy (non-hydrogen) atoms. The van der Waals surface area contributed by atoms with Crippen LogP contribution in [0.2, 0.25) is 0 Å². The minimum atomic E-state index is -0.693. The SMILES string of the molecule is CCN(CC)c1ccc(NC(=O)COC(=O)c2c(OC)cccc2OC)cc1. The Labute approximate surface area is 165 Å². The van der Waals surface area contributed by atoms with Crippen LogP contribution in [0.4, 0.5) is 11.4 Å². The zero-order valence-electron chi connectivity index (χ0n) is 16.7. The quantitative estimate of drug-likeness (QED) is 0.666. The Morgan fingerprint density at radius 1 is 0.929 bits per heavy atom. The van der Waals surface area contributed by atoms with Crippen molar-refractivity contribution in [2.24, 2.45) is 0 Å². The number of hydrogen-bond acceptors (Lipinski definition) is 6. The van der Waals surface area contributed by atoms with Gasteiger partial charge in [0.25, 0.3) is 5.91 Å². The Morgan fingerprint density at radius 2 is 1.50 bits per heavy atom. The molecule has 0 spiro atoms. The van der Waals surface area contributed by atoms with E-state index in [1.54, 1.807) is 18.2 Å². The lowest BCUT2D eigenvalue weighted by molar-refractivity contribution is -0.119. The standard InChI is InChI=1S/C21H26N2O5/c1-5-23(6-2)16-12-10-15(11-13-16)22-19(24)14-28-21(25)20-17(26-3)8-7-9-18(20)27-4/h7-13H,5-6,14H2,1-4H3,(H,22,24). The molecule has 2 aromatic carbocycles. The van der Waals surface area contributed by atoms with E-state index in [9.17, 15) is 9.59 Å². The summed E-state index contributed by atoms with van der Waals surface area (Å²) < 4.78 is 15.5. The first kappa shape index (κ1) is 21.1. The molecule has 0 aliphatic carbocycles. The maximum absolute atomic E-state index is 12.4. The highest BCUT2D eigenvalue weighted by atomic mass is 16.5. The third kappa shape index (κ3) is 5.16. The minimum absolute atomic E-state index is 0.142. The molecule has 0 unspecified atom stereocenters. The van der Waals surface area contributed by atoms with Crippen molar-refractivity contribution >= 4 is 23.3 Å². The van der Waals surface area contributed by atoms with Crippen molar-refractivity contribution in [3.63, 3.8) is 0 Å². The monoisotopic (exact) mass is 386 g/mol. The molecule has 0 heterocycles. The van der Waals surface area contributed by atoms with Crippen LogP contribution in [0, 0.1) is 0 Å². The number of rotatable bonds is 9. The molecule has 0 bridgehead atoms. The van der Waals surface area contributed by atoms with Crippen LogP contribution in [-0.2, 0) is 9.53 Å². The maximum Gasteiger partial charge on any atom is 0.346 e. The summed E-state index contributed by atoms with van der Waals surface area (Å²) in [7, 11) is 2.89. The second-order valence-corrected chi connectivity index (χ2v) is 5.88. The molecule has 0 atom stereocenters. The van der Waals surface area contributed by atoms with Gasteiger partial charge in [0.1, 0.15) is 17.1 Å². The van der Waals surface area contributed by atoms with Crippen molar-refractivity contribution in [1.29, 1.82) is 0 Å². The van der Waals surface area contributed by atoms with Gasteiger partial charge in [0, 0.05) is 24.5 Å². The van der Waals surface area contributed by atoms with E-state index in [1.807, 2.05) is 24.3 Å². The highest BCUT2D eigenvalue weighted by molar-refractivity contribution is 5.98. The number of ether oxygens (including phenoxy) is 3. The number of methoxy groups -OCH3 is 2. The van der Waals surface area contributed by atoms with E-state index in [0.29, 0.717) is 17.2 Å². The van der Waals surface area contributed by atoms with Gasteiger partial charge in [-0.25, -0.2) is 4.79 Å². The predicted octanol–water partition coefficient (Wildman–Crippen LogP) is 3.35. The van der Waals surface area contributed by atoms with Crippen molar-refractivity contribution in [2.75, 3.05) is 44.1 Å². The molecule has 0 radical (unpaired) electrons. The molecule has 7 nitrogen and oxygen atoms in total. The topological polar surface area (TPSA) is 77.1 Å². The fraction of sp³-hybridized carbons (Fsp3) is 0.333. The van der Waals surface area contributed by atoms with Crippen LogP contribution >= 0.6 is 0 Å². The van der Waals surface area contributed by atoms with Crippen molar-refractivity contribution in [2.45, 2.75) is 13.8 Å². The molecule has 0 aliphatic rings. The maximum atomic E-state index is 12.4. The first-order valence-electron chi connectivity index (χ1n) is 9.07. The Balaban J connectivity index is 1.97. The predicted molar refractivity (Wildman–Crippen MR) is 108 cm³/mol. The van der Waals surface area contributed by atoms with Crippen LogP contribution in [0.3, 0.4) is 0 Å². The largest absolute Gasteiger partial charge is 0.496 e. The molecule has 0 fully saturated rings. The Morgan fingerprint density at radius 3 is 2.00 bits per heavy atom. The fourth-order valence-corrected chi connectivity index (χ4v) is 2.80. The molecular weight excluding hydrogens is 360 g/mol. The van der Waals surface area contributed by atoms with E-state index in [-0.39, 0.29) is 5.56 Å². The molecule has 0 saturated carbocycles. The van der Waals surface area contributed by atoms with Crippen LogP contribution < -0.4 is 19.7 Å². The Hall–Kier alpha value is -3.22. The smallest absolute Gasteiger partial charge is 0.346 e.